The summed E-state index contributed by atoms with van der Waals surface area (Å²) in [4.78, 5) is 35.9. The van der Waals surface area contributed by atoms with Crippen LogP contribution in [-0.2, 0) is 41.1 Å². The number of aromatic nitrogens is 4. The molecule has 0 spiro atoms. The number of hydrogen-bond acceptors (Lipinski definition) is 19. The van der Waals surface area contributed by atoms with E-state index in [1.54, 1.807) is 0 Å². The van der Waals surface area contributed by atoms with E-state index in [1.807, 2.05) is 0 Å². The number of hydrogen-bond donors (Lipinski definition) is 4. The number of nitrogens with one attached hydrogen (secondary N) is 2. The van der Waals surface area contributed by atoms with Crippen molar-refractivity contribution < 1.29 is 147 Å². The van der Waals surface area contributed by atoms with E-state index in [0.29, 0.717) is 0 Å². The van der Waals surface area contributed by atoms with Crippen LogP contribution < -0.4 is 81.0 Å². The molecule has 2 aromatic heterocycles. The minimum absolute atomic E-state index is 0. The Morgan fingerprint density at radius 2 is 1.52 bits per heavy atom. The predicted molar refractivity (Wildman–Crippen MR) is 175 cm³/mol. The van der Waals surface area contributed by atoms with Crippen molar-refractivity contribution in [3.05, 3.63) is 69.2 Å². The fraction of sp³-hybridized carbons (Fsp3) is 0.192. The van der Waals surface area contributed by atoms with Gasteiger partial charge in [0, 0.05) is 63.4 Å². The molecule has 0 fully saturated rings. The van der Waals surface area contributed by atoms with Gasteiger partial charge in [-0.25, -0.2) is 25.3 Å². The number of anilines is 4. The van der Waals surface area contributed by atoms with Crippen molar-refractivity contribution in [2.45, 2.75) is 30.2 Å². The van der Waals surface area contributed by atoms with E-state index in [0.717, 1.165) is 22.8 Å². The molecule has 0 saturated heterocycles. The molecule has 4 aromatic rings. The number of halogens is 1. The molecule has 0 atom stereocenters. The molecule has 0 bridgehead atoms. The molecule has 5 N–H and O–H groups in total. The Hall–Kier alpha value is -1.79. The number of rotatable bonds is 14. The largest absolute Gasteiger partial charge is 1.00 e. The van der Waals surface area contributed by atoms with Gasteiger partial charge in [-0.3, -0.25) is 18.3 Å². The van der Waals surface area contributed by atoms with Gasteiger partial charge in [0.2, 0.25) is 33.5 Å². The van der Waals surface area contributed by atoms with Gasteiger partial charge in [-0.2, -0.15) is 15.0 Å². The summed E-state index contributed by atoms with van der Waals surface area (Å²) < 4.78 is 97.2. The smallest absolute Gasteiger partial charge is 0.744 e. The summed E-state index contributed by atoms with van der Waals surface area (Å²) in [5, 5.41) is 23.1. The summed E-state index contributed by atoms with van der Waals surface area (Å²) in [5.74, 6) is -2.92. The second kappa shape index (κ2) is 20.6. The number of nitrogens with two attached hydrogens (primary N) is 1. The average Bonchev–Trinajstić information content (AvgIpc) is 3.00. The normalized spacial score (nSPS) is 11.6. The molecule has 0 aliphatic rings. The third-order valence-electron chi connectivity index (χ3n) is 6.62. The van der Waals surface area contributed by atoms with E-state index in [4.69, 9.17) is 17.3 Å². The van der Waals surface area contributed by atoms with Crippen LogP contribution in [0.4, 0.5) is 34.6 Å². The van der Waals surface area contributed by atoms with Crippen LogP contribution in [0.2, 0.25) is 5.28 Å². The summed E-state index contributed by atoms with van der Waals surface area (Å²) in [6, 6.07) is 8.10. The molecule has 4 rings (SSSR count). The summed E-state index contributed by atoms with van der Waals surface area (Å²) in [6.45, 7) is 1.79. The molecule has 0 radical (unpaired) electrons. The van der Waals surface area contributed by atoms with Gasteiger partial charge in [0.1, 0.15) is 21.4 Å². The third kappa shape index (κ3) is 13.1. The van der Waals surface area contributed by atoms with E-state index in [2.05, 4.69) is 40.0 Å². The van der Waals surface area contributed by atoms with Crippen LogP contribution in [0.25, 0.3) is 0 Å². The fourth-order valence-electron chi connectivity index (χ4n) is 4.33. The molecule has 21 nitrogen and oxygen atoms in total. The van der Waals surface area contributed by atoms with E-state index in [-0.39, 0.29) is 145 Å². The Bertz CT molecular complexity index is 2460. The molecule has 0 aliphatic heterocycles. The van der Waals surface area contributed by atoms with Gasteiger partial charge >= 0.3 is 59.1 Å². The standard InChI is InChI=1S/C26H26ClN9O12S3.Gd.2Na/c1-3-36-22(38)19(21(28)37)13(2)20(23(36)39)35-34-17-12-15(6-9-18(17)50(42,43)44)30-26-32-24(27)31-25(33-26)29-14-4-7-16(8-5-14)49(40,41)11-10-48-51(45,46)47;;;/h4-9,12,38H,3,10-11H2,1-2H3,(H2,28,37)(H,42,43,44)(H,45,46,47)(H2,29,30,31,32,33);;;/q;;2*+1/p-2. The zero-order chi connectivity index (χ0) is 37.9. The summed E-state index contributed by atoms with van der Waals surface area (Å²) in [5.41, 5.74) is 3.19. The van der Waals surface area contributed by atoms with Crippen molar-refractivity contribution in [3.8, 4) is 5.88 Å². The van der Waals surface area contributed by atoms with Gasteiger partial charge in [-0.05, 0) is 67.9 Å². The number of carbonyl (C=O) groups excluding carboxylic acids is 1. The van der Waals surface area contributed by atoms with Crippen molar-refractivity contribution in [1.29, 1.82) is 0 Å². The van der Waals surface area contributed by atoms with Crippen molar-refractivity contribution in [2.75, 3.05) is 23.0 Å². The van der Waals surface area contributed by atoms with Gasteiger partial charge in [0.15, 0.2) is 15.5 Å². The molecule has 280 valence electrons. The molecule has 0 saturated carbocycles. The summed E-state index contributed by atoms with van der Waals surface area (Å²) in [6.07, 6.45) is 0. The Balaban J connectivity index is 0.00000486. The van der Waals surface area contributed by atoms with E-state index >= 15 is 0 Å². The van der Waals surface area contributed by atoms with E-state index in [1.165, 1.54) is 38.1 Å². The first-order chi connectivity index (χ1) is 23.7. The van der Waals surface area contributed by atoms with Gasteiger partial charge in [-0.1, -0.05) is 0 Å². The summed E-state index contributed by atoms with van der Waals surface area (Å²) in [7, 11) is -14.2. The number of pyridine rings is 1. The number of carbonyl (C=O) groups is 1. The van der Waals surface area contributed by atoms with Crippen LogP contribution in [0.15, 0.2) is 67.3 Å². The van der Waals surface area contributed by atoms with Crippen LogP contribution in [-0.4, -0.2) is 77.3 Å². The second-order valence-corrected chi connectivity index (χ2v) is 14.8. The van der Waals surface area contributed by atoms with Crippen molar-refractivity contribution in [3.63, 3.8) is 0 Å². The third-order valence-corrected chi connectivity index (χ3v) is 9.82. The average molecular weight is 989 g/mol. The molecule has 0 unspecified atom stereocenters. The first-order valence-electron chi connectivity index (χ1n) is 13.9. The number of nitrogens with zero attached hydrogens (tertiary/aromatic N) is 6. The number of azo groups is 1. The first-order valence-corrected chi connectivity index (χ1v) is 18.6. The maximum Gasteiger partial charge on any atom is 1.00 e. The van der Waals surface area contributed by atoms with Gasteiger partial charge in [0.25, 0.3) is 11.5 Å². The van der Waals surface area contributed by atoms with Crippen LogP contribution in [0.3, 0.4) is 0 Å². The molecule has 1 amide bonds. The SMILES string of the molecule is CCn1c(O)c(C(N)=O)c(C)c(N=Nc2cc(Nc3nc(Cl)nc(Nc4ccc(S(=O)(=O)CCOS(=O)(=O)[O-])cc4)n3)ccc2S(=O)(=O)[O-])c1=O.[Gd].[Na+].[Na+]. The Kier molecular flexibility index (Phi) is 19.1. The minimum atomic E-state index is -5.14. The zero-order valence-electron chi connectivity index (χ0n) is 28.3. The molecule has 2 heterocycles. The molecule has 2 aromatic carbocycles. The molecule has 0 aliphatic carbocycles. The monoisotopic (exact) mass is 989 g/mol. The van der Waals surface area contributed by atoms with E-state index < -0.39 is 81.9 Å². The number of sulfone groups is 1. The maximum absolute atomic E-state index is 13.0. The number of primary amides is 1. The van der Waals surface area contributed by atoms with Crippen LogP contribution >= 0.6 is 11.6 Å². The Morgan fingerprint density at radius 3 is 2.04 bits per heavy atom. The maximum atomic E-state index is 13.0. The van der Waals surface area contributed by atoms with Crippen LogP contribution in [0.5, 0.6) is 5.88 Å². The minimum Gasteiger partial charge on any atom is -0.744 e. The van der Waals surface area contributed by atoms with Crippen molar-refractivity contribution >= 4 is 82.5 Å². The van der Waals surface area contributed by atoms with E-state index in [9.17, 15) is 49.1 Å². The van der Waals surface area contributed by atoms with Gasteiger partial charge in [0.05, 0.1) is 22.2 Å². The molecular formula is C26H24ClGdN9Na2O12S3. The number of aromatic hydroxyl groups is 1. The second-order valence-electron chi connectivity index (χ2n) is 10.00. The van der Waals surface area contributed by atoms with Gasteiger partial charge in [-0.15, -0.1) is 10.2 Å². The van der Waals surface area contributed by atoms with Crippen molar-refractivity contribution in [1.82, 2.24) is 19.5 Å². The number of benzene rings is 2. The van der Waals surface area contributed by atoms with Crippen LogP contribution in [0.1, 0.15) is 22.8 Å². The van der Waals surface area contributed by atoms with Crippen molar-refractivity contribution in [2.24, 2.45) is 16.0 Å². The zero-order valence-corrected chi connectivity index (χ0v) is 37.8. The molecule has 28 heteroatoms. The molecular weight excluding hydrogens is 965 g/mol. The first kappa shape index (κ1) is 50.2. The predicted octanol–water partition coefficient (Wildman–Crippen LogP) is -4.12. The van der Waals surface area contributed by atoms with Crippen LogP contribution in [0, 0.1) is 46.9 Å². The van der Waals surface area contributed by atoms with Gasteiger partial charge < -0.3 is 30.6 Å². The molecule has 54 heavy (non-hydrogen) atoms. The number of amides is 1. The Labute approximate surface area is 388 Å². The quantitative estimate of drug-likeness (QED) is 0.0404. The topological polar surface area (TPSA) is 331 Å². The Morgan fingerprint density at radius 1 is 0.963 bits per heavy atom. The summed E-state index contributed by atoms with van der Waals surface area (Å²) >= 11 is 6.05. The fourth-order valence-corrected chi connectivity index (χ4v) is 6.56.